The van der Waals surface area contributed by atoms with Crippen molar-refractivity contribution in [2.75, 3.05) is 25.1 Å². The molecule has 0 amide bonds. The van der Waals surface area contributed by atoms with E-state index in [0.717, 1.165) is 25.9 Å². The molecular formula is C8H16N2O2S. The first-order chi connectivity index (χ1) is 5.99. The Bertz CT molecular complexity index is 279. The zero-order valence-corrected chi connectivity index (χ0v) is 8.73. The molecule has 0 spiro atoms. The van der Waals surface area contributed by atoms with Crippen molar-refractivity contribution >= 4 is 15.7 Å². The second kappa shape index (κ2) is 4.09. The van der Waals surface area contributed by atoms with Crippen LogP contribution in [0.2, 0.25) is 0 Å². The zero-order chi connectivity index (χ0) is 9.90. The molecule has 0 aromatic rings. The third-order valence-electron chi connectivity index (χ3n) is 2.14. The Labute approximate surface area is 79.4 Å². The van der Waals surface area contributed by atoms with Crippen LogP contribution >= 0.6 is 0 Å². The molecule has 1 heterocycles. The molecular weight excluding hydrogens is 188 g/mol. The van der Waals surface area contributed by atoms with Crippen LogP contribution in [0.1, 0.15) is 19.3 Å². The molecule has 0 aliphatic carbocycles. The Morgan fingerprint density at radius 1 is 1.31 bits per heavy atom. The molecule has 5 heteroatoms. The molecule has 0 radical (unpaired) electrons. The van der Waals surface area contributed by atoms with Gasteiger partial charge < -0.3 is 4.90 Å². The van der Waals surface area contributed by atoms with E-state index in [1.807, 2.05) is 4.90 Å². The van der Waals surface area contributed by atoms with Gasteiger partial charge in [-0.1, -0.05) is 0 Å². The predicted molar refractivity (Wildman–Crippen MR) is 52.9 cm³/mol. The SMILES string of the molecule is CS(=O)(=O)CC(=N)N1CCCCC1. The summed E-state index contributed by atoms with van der Waals surface area (Å²) < 4.78 is 21.8. The van der Waals surface area contributed by atoms with Gasteiger partial charge in [0.05, 0.1) is 0 Å². The number of amidine groups is 1. The normalized spacial score (nSPS) is 18.7. The Balaban J connectivity index is 2.47. The van der Waals surface area contributed by atoms with Crippen molar-refractivity contribution in [3.8, 4) is 0 Å². The van der Waals surface area contributed by atoms with E-state index in [1.165, 1.54) is 12.7 Å². The topological polar surface area (TPSA) is 61.2 Å². The highest BCUT2D eigenvalue weighted by Crippen LogP contribution is 2.09. The van der Waals surface area contributed by atoms with Crippen LogP contribution in [0.3, 0.4) is 0 Å². The molecule has 0 aromatic heterocycles. The summed E-state index contributed by atoms with van der Waals surface area (Å²) in [5.41, 5.74) is 0. The van der Waals surface area contributed by atoms with Gasteiger partial charge in [-0.2, -0.15) is 0 Å². The molecule has 1 aliphatic rings. The Morgan fingerprint density at radius 2 is 1.85 bits per heavy atom. The van der Waals surface area contributed by atoms with E-state index < -0.39 is 9.84 Å². The number of rotatable bonds is 2. The maximum absolute atomic E-state index is 10.9. The number of hydrogen-bond acceptors (Lipinski definition) is 3. The lowest BCUT2D eigenvalue weighted by Gasteiger charge is -2.28. The second-order valence-corrected chi connectivity index (χ2v) is 5.70. The van der Waals surface area contributed by atoms with Gasteiger partial charge in [-0.05, 0) is 19.3 Å². The number of sulfone groups is 1. The van der Waals surface area contributed by atoms with Crippen LogP contribution in [-0.2, 0) is 9.84 Å². The predicted octanol–water partition coefficient (Wildman–Crippen LogP) is 0.494. The summed E-state index contributed by atoms with van der Waals surface area (Å²) >= 11 is 0. The minimum Gasteiger partial charge on any atom is -0.360 e. The Hall–Kier alpha value is -0.580. The average Bonchev–Trinajstić information content (AvgIpc) is 2.03. The summed E-state index contributed by atoms with van der Waals surface area (Å²) in [5.74, 6) is 0.134. The molecule has 0 saturated carbocycles. The van der Waals surface area contributed by atoms with Gasteiger partial charge in [0.25, 0.3) is 0 Å². The van der Waals surface area contributed by atoms with E-state index in [1.54, 1.807) is 0 Å². The van der Waals surface area contributed by atoms with E-state index in [0.29, 0.717) is 0 Å². The third kappa shape index (κ3) is 3.76. The Morgan fingerprint density at radius 3 is 2.31 bits per heavy atom. The lowest BCUT2D eigenvalue weighted by Crippen LogP contribution is -2.38. The fourth-order valence-electron chi connectivity index (χ4n) is 1.50. The van der Waals surface area contributed by atoms with Crippen molar-refractivity contribution in [2.45, 2.75) is 19.3 Å². The molecule has 0 unspecified atom stereocenters. The smallest absolute Gasteiger partial charge is 0.154 e. The van der Waals surface area contributed by atoms with Crippen LogP contribution < -0.4 is 0 Å². The van der Waals surface area contributed by atoms with E-state index in [4.69, 9.17) is 5.41 Å². The van der Waals surface area contributed by atoms with Crippen molar-refractivity contribution < 1.29 is 8.42 Å². The lowest BCUT2D eigenvalue weighted by molar-refractivity contribution is 0.339. The minimum atomic E-state index is -3.04. The molecule has 4 nitrogen and oxygen atoms in total. The van der Waals surface area contributed by atoms with Gasteiger partial charge in [-0.25, -0.2) is 8.42 Å². The molecule has 1 aliphatic heterocycles. The van der Waals surface area contributed by atoms with E-state index in [9.17, 15) is 8.42 Å². The van der Waals surface area contributed by atoms with Gasteiger partial charge in [0.2, 0.25) is 0 Å². The maximum Gasteiger partial charge on any atom is 0.154 e. The van der Waals surface area contributed by atoms with Crippen molar-refractivity contribution in [3.05, 3.63) is 0 Å². The monoisotopic (exact) mass is 204 g/mol. The van der Waals surface area contributed by atoms with E-state index in [2.05, 4.69) is 0 Å². The molecule has 1 saturated heterocycles. The molecule has 1 rings (SSSR count). The highest BCUT2D eigenvalue weighted by atomic mass is 32.2. The quantitative estimate of drug-likeness (QED) is 0.526. The standard InChI is InChI=1S/C8H16N2O2S/c1-13(11,12)7-8(9)10-5-3-2-4-6-10/h9H,2-7H2,1H3. The van der Waals surface area contributed by atoms with Crippen LogP contribution in [-0.4, -0.2) is 44.3 Å². The lowest BCUT2D eigenvalue weighted by atomic mass is 10.1. The van der Waals surface area contributed by atoms with E-state index >= 15 is 0 Å². The second-order valence-electron chi connectivity index (χ2n) is 3.56. The largest absolute Gasteiger partial charge is 0.360 e. The van der Waals surface area contributed by atoms with Gasteiger partial charge >= 0.3 is 0 Å². The summed E-state index contributed by atoms with van der Waals surface area (Å²) in [6.45, 7) is 1.68. The molecule has 1 N–H and O–H groups in total. The summed E-state index contributed by atoms with van der Waals surface area (Å²) in [4.78, 5) is 1.87. The van der Waals surface area contributed by atoms with Gasteiger partial charge in [-0.3, -0.25) is 5.41 Å². The summed E-state index contributed by atoms with van der Waals surface area (Å²) in [6.07, 6.45) is 4.52. The first kappa shape index (κ1) is 10.5. The fourth-order valence-corrected chi connectivity index (χ4v) is 2.18. The van der Waals surface area contributed by atoms with Crippen LogP contribution in [0.15, 0.2) is 0 Å². The molecule has 0 atom stereocenters. The van der Waals surface area contributed by atoms with Crippen molar-refractivity contribution in [2.24, 2.45) is 0 Å². The Kier molecular flexibility index (Phi) is 3.30. The van der Waals surface area contributed by atoms with Gasteiger partial charge in [0, 0.05) is 19.3 Å². The van der Waals surface area contributed by atoms with Gasteiger partial charge in [-0.15, -0.1) is 0 Å². The average molecular weight is 204 g/mol. The number of piperidine rings is 1. The number of hydrogen-bond donors (Lipinski definition) is 1. The molecule has 76 valence electrons. The summed E-state index contributed by atoms with van der Waals surface area (Å²) in [7, 11) is -3.04. The van der Waals surface area contributed by atoms with E-state index in [-0.39, 0.29) is 11.6 Å². The summed E-state index contributed by atoms with van der Waals surface area (Å²) in [6, 6.07) is 0. The van der Waals surface area contributed by atoms with Gasteiger partial charge in [0.1, 0.15) is 11.6 Å². The first-order valence-corrected chi connectivity index (χ1v) is 6.55. The number of likely N-dealkylation sites (tertiary alicyclic amines) is 1. The van der Waals surface area contributed by atoms with Crippen LogP contribution in [0.5, 0.6) is 0 Å². The molecule has 0 aromatic carbocycles. The number of nitrogens with one attached hydrogen (secondary N) is 1. The van der Waals surface area contributed by atoms with Crippen LogP contribution in [0.25, 0.3) is 0 Å². The van der Waals surface area contributed by atoms with Crippen molar-refractivity contribution in [3.63, 3.8) is 0 Å². The molecule has 0 bridgehead atoms. The zero-order valence-electron chi connectivity index (χ0n) is 7.91. The van der Waals surface area contributed by atoms with Crippen molar-refractivity contribution in [1.29, 1.82) is 5.41 Å². The van der Waals surface area contributed by atoms with Gasteiger partial charge in [0.15, 0.2) is 9.84 Å². The fraction of sp³-hybridized carbons (Fsp3) is 0.875. The maximum atomic E-state index is 10.9. The molecule has 13 heavy (non-hydrogen) atoms. The third-order valence-corrected chi connectivity index (χ3v) is 2.93. The number of nitrogens with zero attached hydrogens (tertiary/aromatic N) is 1. The first-order valence-electron chi connectivity index (χ1n) is 4.49. The van der Waals surface area contributed by atoms with Crippen LogP contribution in [0.4, 0.5) is 0 Å². The highest BCUT2D eigenvalue weighted by Gasteiger charge is 2.16. The minimum absolute atomic E-state index is 0.118. The van der Waals surface area contributed by atoms with Crippen molar-refractivity contribution in [1.82, 2.24) is 4.90 Å². The molecule has 1 fully saturated rings. The highest BCUT2D eigenvalue weighted by molar-refractivity contribution is 7.91. The van der Waals surface area contributed by atoms with Crippen LogP contribution in [0, 0.1) is 5.41 Å². The summed E-state index contributed by atoms with van der Waals surface area (Å²) in [5, 5.41) is 7.59.